The van der Waals surface area contributed by atoms with Crippen LogP contribution in [0, 0.1) is 0 Å². The van der Waals surface area contributed by atoms with Crippen molar-refractivity contribution in [2.45, 2.75) is 32.2 Å². The summed E-state index contributed by atoms with van der Waals surface area (Å²) in [6.45, 7) is 6.06. The second kappa shape index (κ2) is 4.03. The monoisotopic (exact) mass is 258 g/mol. The number of ether oxygens (including phenoxy) is 1. The van der Waals surface area contributed by atoms with Crippen molar-refractivity contribution in [1.29, 1.82) is 0 Å². The van der Waals surface area contributed by atoms with Crippen LogP contribution in [0.2, 0.25) is 0 Å². The van der Waals surface area contributed by atoms with Crippen molar-refractivity contribution < 1.29 is 4.74 Å². The minimum Gasteiger partial charge on any atom is -0.381 e. The van der Waals surface area contributed by atoms with E-state index in [4.69, 9.17) is 4.74 Å². The van der Waals surface area contributed by atoms with E-state index >= 15 is 0 Å². The molecule has 1 aliphatic rings. The molecular weight excluding hydrogens is 244 g/mol. The molecule has 2 heterocycles. The van der Waals surface area contributed by atoms with Crippen LogP contribution in [0.1, 0.15) is 37.9 Å². The number of hydrogen-bond acceptors (Lipinski definition) is 2. The fourth-order valence-electron chi connectivity index (χ4n) is 1.93. The SMILES string of the molecule is CC(C)n1c(C2CCOC2)cnc1Br. The molecule has 4 heteroatoms. The van der Waals surface area contributed by atoms with E-state index in [0.717, 1.165) is 24.4 Å². The van der Waals surface area contributed by atoms with Crippen LogP contribution in [0.15, 0.2) is 10.9 Å². The molecule has 0 amide bonds. The normalized spacial score (nSPS) is 22.1. The third-order valence-corrected chi connectivity index (χ3v) is 3.23. The predicted octanol–water partition coefficient (Wildman–Crippen LogP) is 2.73. The number of aromatic nitrogens is 2. The van der Waals surface area contributed by atoms with Crippen molar-refractivity contribution in [3.05, 3.63) is 16.6 Å². The Hall–Kier alpha value is -0.350. The Morgan fingerprint density at radius 2 is 2.43 bits per heavy atom. The van der Waals surface area contributed by atoms with Gasteiger partial charge in [0.25, 0.3) is 0 Å². The number of rotatable bonds is 2. The zero-order valence-corrected chi connectivity index (χ0v) is 10.1. The molecule has 0 N–H and O–H groups in total. The van der Waals surface area contributed by atoms with E-state index in [1.54, 1.807) is 0 Å². The van der Waals surface area contributed by atoms with Gasteiger partial charge in [0.1, 0.15) is 0 Å². The zero-order valence-electron chi connectivity index (χ0n) is 8.53. The van der Waals surface area contributed by atoms with Crippen molar-refractivity contribution in [3.63, 3.8) is 0 Å². The second-order valence-corrected chi connectivity index (χ2v) is 4.69. The Balaban J connectivity index is 2.32. The molecule has 1 unspecified atom stereocenters. The van der Waals surface area contributed by atoms with Gasteiger partial charge in [-0.15, -0.1) is 0 Å². The van der Waals surface area contributed by atoms with Crippen LogP contribution in [0.25, 0.3) is 0 Å². The molecule has 78 valence electrons. The fraction of sp³-hybridized carbons (Fsp3) is 0.700. The molecule has 0 bridgehead atoms. The summed E-state index contributed by atoms with van der Waals surface area (Å²) in [5.74, 6) is 0.524. The van der Waals surface area contributed by atoms with Gasteiger partial charge in [-0.1, -0.05) is 0 Å². The van der Waals surface area contributed by atoms with Crippen LogP contribution in [0.4, 0.5) is 0 Å². The number of hydrogen-bond donors (Lipinski definition) is 0. The number of halogens is 1. The summed E-state index contributed by atoms with van der Waals surface area (Å²) in [4.78, 5) is 4.31. The second-order valence-electron chi connectivity index (χ2n) is 3.98. The lowest BCUT2D eigenvalue weighted by Gasteiger charge is -2.16. The smallest absolute Gasteiger partial charge is 0.177 e. The van der Waals surface area contributed by atoms with E-state index in [1.165, 1.54) is 5.69 Å². The maximum atomic E-state index is 5.40. The minimum absolute atomic E-state index is 0.447. The van der Waals surface area contributed by atoms with Crippen molar-refractivity contribution >= 4 is 15.9 Å². The van der Waals surface area contributed by atoms with Gasteiger partial charge in [-0.2, -0.15) is 0 Å². The third kappa shape index (κ3) is 1.73. The Morgan fingerprint density at radius 1 is 1.64 bits per heavy atom. The first-order chi connectivity index (χ1) is 6.70. The highest BCUT2D eigenvalue weighted by Crippen LogP contribution is 2.29. The number of imidazole rings is 1. The molecule has 0 aromatic carbocycles. The van der Waals surface area contributed by atoms with E-state index in [0.29, 0.717) is 12.0 Å². The lowest BCUT2D eigenvalue weighted by atomic mass is 10.1. The molecule has 1 aromatic rings. The Kier molecular flexibility index (Phi) is 2.93. The van der Waals surface area contributed by atoms with E-state index in [-0.39, 0.29) is 0 Å². The van der Waals surface area contributed by atoms with Crippen molar-refractivity contribution in [2.75, 3.05) is 13.2 Å². The highest BCUT2D eigenvalue weighted by atomic mass is 79.9. The average molecular weight is 259 g/mol. The van der Waals surface area contributed by atoms with E-state index in [1.807, 2.05) is 6.20 Å². The third-order valence-electron chi connectivity index (χ3n) is 2.64. The van der Waals surface area contributed by atoms with Gasteiger partial charge in [0.2, 0.25) is 0 Å². The minimum atomic E-state index is 0.447. The van der Waals surface area contributed by atoms with E-state index in [9.17, 15) is 0 Å². The maximum Gasteiger partial charge on any atom is 0.177 e. The van der Waals surface area contributed by atoms with Gasteiger partial charge in [0.05, 0.1) is 6.61 Å². The molecule has 1 aliphatic heterocycles. The van der Waals surface area contributed by atoms with Crippen LogP contribution >= 0.6 is 15.9 Å². The summed E-state index contributed by atoms with van der Waals surface area (Å²) in [6, 6.07) is 0.447. The topological polar surface area (TPSA) is 27.1 Å². The molecule has 14 heavy (non-hydrogen) atoms. The first kappa shape index (κ1) is 10.2. The van der Waals surface area contributed by atoms with Crippen LogP contribution < -0.4 is 0 Å². The molecule has 2 rings (SSSR count). The Labute approximate surface area is 92.6 Å². The molecular formula is C10H15BrN2O. The van der Waals surface area contributed by atoms with Crippen molar-refractivity contribution in [2.24, 2.45) is 0 Å². The van der Waals surface area contributed by atoms with Gasteiger partial charge in [0, 0.05) is 30.5 Å². The molecule has 0 saturated carbocycles. The summed E-state index contributed by atoms with van der Waals surface area (Å²) in [5, 5.41) is 0. The standard InChI is InChI=1S/C10H15BrN2O/c1-7(2)13-9(5-12-10(13)11)8-3-4-14-6-8/h5,7-8H,3-4,6H2,1-2H3. The number of nitrogens with zero attached hydrogens (tertiary/aromatic N) is 2. The van der Waals surface area contributed by atoms with Gasteiger partial charge in [-0.3, -0.25) is 0 Å². The zero-order chi connectivity index (χ0) is 10.1. The van der Waals surface area contributed by atoms with Gasteiger partial charge in [-0.25, -0.2) is 4.98 Å². The van der Waals surface area contributed by atoms with Crippen LogP contribution in [-0.2, 0) is 4.74 Å². The summed E-state index contributed by atoms with van der Waals surface area (Å²) in [5.41, 5.74) is 1.30. The first-order valence-electron chi connectivity index (χ1n) is 5.00. The van der Waals surface area contributed by atoms with Gasteiger partial charge >= 0.3 is 0 Å². The van der Waals surface area contributed by atoms with E-state index < -0.39 is 0 Å². The highest BCUT2D eigenvalue weighted by Gasteiger charge is 2.23. The molecule has 1 saturated heterocycles. The average Bonchev–Trinajstić information content (AvgIpc) is 2.70. The summed E-state index contributed by atoms with van der Waals surface area (Å²) in [7, 11) is 0. The van der Waals surface area contributed by atoms with Crippen LogP contribution in [0.3, 0.4) is 0 Å². The molecule has 1 aromatic heterocycles. The summed E-state index contributed by atoms with van der Waals surface area (Å²) < 4.78 is 8.56. The highest BCUT2D eigenvalue weighted by molar-refractivity contribution is 9.10. The quantitative estimate of drug-likeness (QED) is 0.816. The molecule has 0 radical (unpaired) electrons. The lowest BCUT2D eigenvalue weighted by Crippen LogP contribution is -2.10. The Bertz CT molecular complexity index is 316. The van der Waals surface area contributed by atoms with Gasteiger partial charge in [-0.05, 0) is 36.2 Å². The van der Waals surface area contributed by atoms with E-state index in [2.05, 4.69) is 39.3 Å². The summed E-state index contributed by atoms with van der Waals surface area (Å²) in [6.07, 6.45) is 3.08. The van der Waals surface area contributed by atoms with Gasteiger partial charge in [0.15, 0.2) is 4.73 Å². The van der Waals surface area contributed by atoms with Crippen LogP contribution in [0.5, 0.6) is 0 Å². The maximum absolute atomic E-state index is 5.40. The molecule has 0 spiro atoms. The Morgan fingerprint density at radius 3 is 3.00 bits per heavy atom. The largest absolute Gasteiger partial charge is 0.381 e. The van der Waals surface area contributed by atoms with Gasteiger partial charge < -0.3 is 9.30 Å². The molecule has 3 nitrogen and oxygen atoms in total. The lowest BCUT2D eigenvalue weighted by molar-refractivity contribution is 0.193. The molecule has 1 atom stereocenters. The fourth-order valence-corrected chi connectivity index (χ4v) is 2.65. The molecule has 1 fully saturated rings. The van der Waals surface area contributed by atoms with Crippen molar-refractivity contribution in [3.8, 4) is 0 Å². The van der Waals surface area contributed by atoms with Crippen LogP contribution in [-0.4, -0.2) is 22.8 Å². The summed E-state index contributed by atoms with van der Waals surface area (Å²) >= 11 is 3.48. The van der Waals surface area contributed by atoms with Crippen molar-refractivity contribution in [1.82, 2.24) is 9.55 Å². The first-order valence-corrected chi connectivity index (χ1v) is 5.80. The predicted molar refractivity (Wildman–Crippen MR) is 58.5 cm³/mol. The molecule has 0 aliphatic carbocycles.